The summed E-state index contributed by atoms with van der Waals surface area (Å²) in [4.78, 5) is 20.3. The molecule has 9 nitrogen and oxygen atoms in total. The molecule has 150 valence electrons. The van der Waals surface area contributed by atoms with Gasteiger partial charge in [0.05, 0.1) is 24.2 Å². The topological polar surface area (TPSA) is 120 Å². The van der Waals surface area contributed by atoms with Crippen LogP contribution in [0.3, 0.4) is 0 Å². The number of methoxy groups -OCH3 is 1. The van der Waals surface area contributed by atoms with Crippen molar-refractivity contribution < 1.29 is 22.7 Å². The molecule has 11 heteroatoms. The van der Waals surface area contributed by atoms with E-state index in [-0.39, 0.29) is 27.6 Å². The lowest BCUT2D eigenvalue weighted by Crippen LogP contribution is -2.35. The Morgan fingerprint density at radius 2 is 1.97 bits per heavy atom. The van der Waals surface area contributed by atoms with Crippen LogP contribution in [0.5, 0.6) is 11.8 Å². The summed E-state index contributed by atoms with van der Waals surface area (Å²) < 4.78 is 38.1. The summed E-state index contributed by atoms with van der Waals surface area (Å²) in [5, 5.41) is 3.50. The van der Waals surface area contributed by atoms with Crippen molar-refractivity contribution in [1.82, 2.24) is 14.7 Å². The molecule has 1 aliphatic heterocycles. The van der Waals surface area contributed by atoms with Crippen molar-refractivity contribution in [3.05, 3.63) is 47.0 Å². The predicted octanol–water partition coefficient (Wildman–Crippen LogP) is 2.74. The minimum absolute atomic E-state index is 0.119. The zero-order valence-electron chi connectivity index (χ0n) is 15.1. The zero-order valence-corrected chi connectivity index (χ0v) is 16.7. The summed E-state index contributed by atoms with van der Waals surface area (Å²) in [6, 6.07) is 8.64. The highest BCUT2D eigenvalue weighted by Crippen LogP contribution is 2.32. The van der Waals surface area contributed by atoms with Gasteiger partial charge in [0.25, 0.3) is 10.0 Å². The molecule has 3 aromatic rings. The fraction of sp³-hybridized carbons (Fsp3) is 0.167. The second-order valence-corrected chi connectivity index (χ2v) is 8.15. The second kappa shape index (κ2) is 7.37. The Kier molecular flexibility index (Phi) is 4.89. The van der Waals surface area contributed by atoms with Crippen molar-refractivity contribution in [1.29, 1.82) is 0 Å². The number of carbonyl (C=O) groups excluding carboxylic acids is 1. The summed E-state index contributed by atoms with van der Waals surface area (Å²) in [6.45, 7) is 0.423. The number of rotatable bonds is 4. The van der Waals surface area contributed by atoms with Gasteiger partial charge in [0, 0.05) is 16.8 Å². The summed E-state index contributed by atoms with van der Waals surface area (Å²) in [6.07, 6.45) is 0.585. The molecule has 0 unspecified atom stereocenters. The molecular weight excluding hydrogens is 420 g/mol. The summed E-state index contributed by atoms with van der Waals surface area (Å²) in [5.74, 6) is 0.397. The third-order valence-electron chi connectivity index (χ3n) is 4.27. The lowest BCUT2D eigenvalue weighted by molar-refractivity contribution is 0.256. The lowest BCUT2D eigenvalue weighted by atomic mass is 10.1. The molecular formula is C18H15ClN4O5S. The predicted molar refractivity (Wildman–Crippen MR) is 106 cm³/mol. The fourth-order valence-corrected chi connectivity index (χ4v) is 4.54. The van der Waals surface area contributed by atoms with Gasteiger partial charge in [-0.1, -0.05) is 35.9 Å². The van der Waals surface area contributed by atoms with Crippen LogP contribution in [0.1, 0.15) is 5.56 Å². The van der Waals surface area contributed by atoms with Crippen LogP contribution in [-0.4, -0.2) is 38.1 Å². The van der Waals surface area contributed by atoms with Crippen molar-refractivity contribution in [2.24, 2.45) is 0 Å². The molecule has 2 amide bonds. The maximum absolute atomic E-state index is 12.8. The molecule has 0 bridgehead atoms. The Morgan fingerprint density at radius 1 is 1.21 bits per heavy atom. The van der Waals surface area contributed by atoms with E-state index in [1.165, 1.54) is 13.2 Å². The Morgan fingerprint density at radius 3 is 2.72 bits per heavy atom. The molecule has 0 saturated heterocycles. The number of nitrogens with one attached hydrogen (secondary N) is 2. The van der Waals surface area contributed by atoms with Crippen LogP contribution in [0.4, 0.5) is 10.7 Å². The van der Waals surface area contributed by atoms with E-state index in [4.69, 9.17) is 21.1 Å². The Hall–Kier alpha value is -3.11. The number of nitrogens with zero attached hydrogens (tertiary/aromatic N) is 2. The number of benzene rings is 2. The summed E-state index contributed by atoms with van der Waals surface area (Å²) >= 11 is 6.18. The van der Waals surface area contributed by atoms with Gasteiger partial charge in [-0.15, -0.1) is 0 Å². The van der Waals surface area contributed by atoms with Crippen LogP contribution >= 0.6 is 11.6 Å². The number of sulfonamides is 1. The van der Waals surface area contributed by atoms with Crippen LogP contribution in [-0.2, 0) is 16.4 Å². The number of carbonyl (C=O) groups is 1. The highest BCUT2D eigenvalue weighted by atomic mass is 35.5. The smallest absolute Gasteiger partial charge is 0.335 e. The third kappa shape index (κ3) is 3.64. The number of fused-ring (bicyclic) bond motifs is 2. The second-order valence-electron chi connectivity index (χ2n) is 6.09. The van der Waals surface area contributed by atoms with E-state index in [2.05, 4.69) is 15.3 Å². The third-order valence-corrected chi connectivity index (χ3v) is 5.96. The maximum Gasteiger partial charge on any atom is 0.335 e. The molecule has 0 atom stereocenters. The van der Waals surface area contributed by atoms with Gasteiger partial charge in [0.15, 0.2) is 0 Å². The molecule has 2 heterocycles. The number of aromatic nitrogens is 2. The Balaban J connectivity index is 1.61. The van der Waals surface area contributed by atoms with Crippen molar-refractivity contribution in [2.75, 3.05) is 19.0 Å². The van der Waals surface area contributed by atoms with Crippen LogP contribution < -0.4 is 19.5 Å². The standard InChI is InChI=1S/C18H15ClN4O5S/c1-27-15-11-8-9-28-16(11)21-17(20-15)22-18(24)23-29(25,26)13-7-3-5-10-4-2-6-12(19)14(10)13/h2-7H,8-9H2,1H3,(H2,20,21,22,23,24). The molecule has 0 saturated carbocycles. The van der Waals surface area contributed by atoms with Gasteiger partial charge in [-0.2, -0.15) is 9.97 Å². The van der Waals surface area contributed by atoms with E-state index in [0.717, 1.165) is 0 Å². The Labute approximate surface area is 171 Å². The van der Waals surface area contributed by atoms with Crippen molar-refractivity contribution in [3.8, 4) is 11.8 Å². The van der Waals surface area contributed by atoms with Crippen molar-refractivity contribution in [3.63, 3.8) is 0 Å². The molecule has 0 fully saturated rings. The number of urea groups is 1. The quantitative estimate of drug-likeness (QED) is 0.647. The van der Waals surface area contributed by atoms with Gasteiger partial charge in [0.2, 0.25) is 17.7 Å². The van der Waals surface area contributed by atoms with Crippen molar-refractivity contribution in [2.45, 2.75) is 11.3 Å². The van der Waals surface area contributed by atoms with Crippen LogP contribution in [0, 0.1) is 0 Å². The van der Waals surface area contributed by atoms with Gasteiger partial charge in [0.1, 0.15) is 0 Å². The average Bonchev–Trinajstić information content (AvgIpc) is 3.15. The molecule has 2 aromatic carbocycles. The van der Waals surface area contributed by atoms with Gasteiger partial charge in [-0.25, -0.2) is 17.9 Å². The zero-order chi connectivity index (χ0) is 20.6. The molecule has 2 N–H and O–H groups in total. The average molecular weight is 435 g/mol. The Bertz CT molecular complexity index is 1230. The molecule has 1 aliphatic rings. The first-order chi connectivity index (χ1) is 13.9. The summed E-state index contributed by atoms with van der Waals surface area (Å²) in [5.41, 5.74) is 0.691. The number of hydrogen-bond donors (Lipinski definition) is 2. The van der Waals surface area contributed by atoms with Gasteiger partial charge < -0.3 is 9.47 Å². The number of ether oxygens (including phenoxy) is 2. The lowest BCUT2D eigenvalue weighted by Gasteiger charge is -2.12. The molecule has 4 rings (SSSR count). The first-order valence-electron chi connectivity index (χ1n) is 8.48. The SMILES string of the molecule is COc1nc(NC(=O)NS(=O)(=O)c2cccc3cccc(Cl)c23)nc2c1CCO2. The van der Waals surface area contributed by atoms with Gasteiger partial charge >= 0.3 is 6.03 Å². The van der Waals surface area contributed by atoms with E-state index in [1.807, 2.05) is 4.72 Å². The highest BCUT2D eigenvalue weighted by molar-refractivity contribution is 7.90. The van der Waals surface area contributed by atoms with Crippen LogP contribution in [0.25, 0.3) is 10.8 Å². The molecule has 0 aliphatic carbocycles. The normalized spacial score (nSPS) is 12.9. The fourth-order valence-electron chi connectivity index (χ4n) is 3.04. The number of hydrogen-bond acceptors (Lipinski definition) is 7. The number of halogens is 1. The molecule has 1 aromatic heterocycles. The molecule has 0 radical (unpaired) electrons. The van der Waals surface area contributed by atoms with Gasteiger partial charge in [-0.05, 0) is 17.5 Å². The van der Waals surface area contributed by atoms with E-state index in [1.54, 1.807) is 30.3 Å². The minimum atomic E-state index is -4.22. The maximum atomic E-state index is 12.8. The summed E-state index contributed by atoms with van der Waals surface area (Å²) in [7, 11) is -2.79. The first-order valence-corrected chi connectivity index (χ1v) is 10.3. The van der Waals surface area contributed by atoms with Gasteiger partial charge in [-0.3, -0.25) is 5.32 Å². The van der Waals surface area contributed by atoms with E-state index >= 15 is 0 Å². The van der Waals surface area contributed by atoms with E-state index in [9.17, 15) is 13.2 Å². The van der Waals surface area contributed by atoms with Crippen LogP contribution in [0.15, 0.2) is 41.3 Å². The molecule has 0 spiro atoms. The number of amides is 2. The monoisotopic (exact) mass is 434 g/mol. The van der Waals surface area contributed by atoms with Crippen LogP contribution in [0.2, 0.25) is 5.02 Å². The van der Waals surface area contributed by atoms with E-state index < -0.39 is 16.1 Å². The minimum Gasteiger partial charge on any atom is -0.481 e. The number of anilines is 1. The first kappa shape index (κ1) is 19.2. The van der Waals surface area contributed by atoms with E-state index in [0.29, 0.717) is 29.4 Å². The van der Waals surface area contributed by atoms with Crippen molar-refractivity contribution >= 4 is 44.4 Å². The largest absolute Gasteiger partial charge is 0.481 e. The highest BCUT2D eigenvalue weighted by Gasteiger charge is 2.25. The molecule has 29 heavy (non-hydrogen) atoms.